The van der Waals surface area contributed by atoms with Crippen molar-refractivity contribution in [3.05, 3.63) is 0 Å². The van der Waals surface area contributed by atoms with Crippen LogP contribution in [0.25, 0.3) is 0 Å². The molecule has 4 nitrogen and oxygen atoms in total. The van der Waals surface area contributed by atoms with Gasteiger partial charge in [0.2, 0.25) is 0 Å². The summed E-state index contributed by atoms with van der Waals surface area (Å²) in [6.45, 7) is 5.59. The Morgan fingerprint density at radius 2 is 2.33 bits per heavy atom. The number of hydrogen-bond donors (Lipinski definition) is 1. The number of rotatable bonds is 5. The summed E-state index contributed by atoms with van der Waals surface area (Å²) in [4.78, 5) is 11.4. The summed E-state index contributed by atoms with van der Waals surface area (Å²) in [7, 11) is 1.42. The van der Waals surface area contributed by atoms with E-state index in [1.807, 2.05) is 13.8 Å². The molecular formula is C11H21NO3. The van der Waals surface area contributed by atoms with Gasteiger partial charge >= 0.3 is 5.97 Å². The zero-order valence-corrected chi connectivity index (χ0v) is 9.79. The molecule has 1 aliphatic rings. The molecule has 0 spiro atoms. The topological polar surface area (TPSA) is 47.6 Å². The number of ether oxygens (including phenoxy) is 2. The van der Waals surface area contributed by atoms with Gasteiger partial charge in [-0.2, -0.15) is 0 Å². The smallest absolute Gasteiger partial charge is 0.323 e. The standard InChI is InChI=1S/C11H21NO3/c1-8(2)10(11(13)14-3)12-7-9-5-4-6-15-9/h8-10,12H,4-7H2,1-3H3/t9-,10+/m1/s1. The van der Waals surface area contributed by atoms with E-state index in [1.54, 1.807) is 0 Å². The fraction of sp³-hybridized carbons (Fsp3) is 0.909. The third kappa shape index (κ3) is 3.80. The summed E-state index contributed by atoms with van der Waals surface area (Å²) in [5.74, 6) is 0.0434. The van der Waals surface area contributed by atoms with Crippen molar-refractivity contribution in [2.75, 3.05) is 20.3 Å². The molecule has 0 aromatic carbocycles. The first-order valence-electron chi connectivity index (χ1n) is 5.58. The Bertz CT molecular complexity index is 200. The average molecular weight is 215 g/mol. The fourth-order valence-corrected chi connectivity index (χ4v) is 1.78. The first-order valence-corrected chi connectivity index (χ1v) is 5.58. The van der Waals surface area contributed by atoms with E-state index < -0.39 is 0 Å². The summed E-state index contributed by atoms with van der Waals surface area (Å²) in [6, 6.07) is -0.223. The lowest BCUT2D eigenvalue weighted by Gasteiger charge is -2.21. The van der Waals surface area contributed by atoms with Crippen LogP contribution in [0.2, 0.25) is 0 Å². The van der Waals surface area contributed by atoms with Gasteiger partial charge < -0.3 is 14.8 Å². The van der Waals surface area contributed by atoms with Gasteiger partial charge in [-0.3, -0.25) is 4.79 Å². The van der Waals surface area contributed by atoms with Crippen LogP contribution in [-0.2, 0) is 14.3 Å². The van der Waals surface area contributed by atoms with Crippen LogP contribution >= 0.6 is 0 Å². The van der Waals surface area contributed by atoms with Crippen LogP contribution in [0.3, 0.4) is 0 Å². The van der Waals surface area contributed by atoms with E-state index in [0.717, 1.165) is 26.0 Å². The van der Waals surface area contributed by atoms with E-state index in [-0.39, 0.29) is 24.0 Å². The van der Waals surface area contributed by atoms with Crippen molar-refractivity contribution in [2.45, 2.75) is 38.8 Å². The predicted octanol–water partition coefficient (Wildman–Crippen LogP) is 0.953. The normalized spacial score (nSPS) is 23.1. The number of carbonyl (C=O) groups excluding carboxylic acids is 1. The third-order valence-electron chi connectivity index (χ3n) is 2.71. The van der Waals surface area contributed by atoms with Crippen LogP contribution in [0.4, 0.5) is 0 Å². The Morgan fingerprint density at radius 1 is 1.60 bits per heavy atom. The second-order valence-corrected chi connectivity index (χ2v) is 4.29. The number of hydrogen-bond acceptors (Lipinski definition) is 4. The molecule has 1 saturated heterocycles. The molecule has 0 radical (unpaired) electrons. The van der Waals surface area contributed by atoms with Crippen LogP contribution in [0.15, 0.2) is 0 Å². The molecule has 0 unspecified atom stereocenters. The lowest BCUT2D eigenvalue weighted by molar-refractivity contribution is -0.144. The van der Waals surface area contributed by atoms with E-state index in [9.17, 15) is 4.79 Å². The van der Waals surface area contributed by atoms with Crippen molar-refractivity contribution in [1.29, 1.82) is 0 Å². The van der Waals surface area contributed by atoms with Gasteiger partial charge in [0.25, 0.3) is 0 Å². The molecule has 0 bridgehead atoms. The van der Waals surface area contributed by atoms with Crippen LogP contribution in [0, 0.1) is 5.92 Å². The lowest BCUT2D eigenvalue weighted by Crippen LogP contribution is -2.44. The molecular weight excluding hydrogens is 194 g/mol. The number of methoxy groups -OCH3 is 1. The quantitative estimate of drug-likeness (QED) is 0.694. The van der Waals surface area contributed by atoms with Crippen LogP contribution in [0.5, 0.6) is 0 Å². The largest absolute Gasteiger partial charge is 0.468 e. The van der Waals surface area contributed by atoms with Gasteiger partial charge in [0.15, 0.2) is 0 Å². The molecule has 1 fully saturated rings. The van der Waals surface area contributed by atoms with Gasteiger partial charge in [-0.1, -0.05) is 13.8 Å². The average Bonchev–Trinajstić information content (AvgIpc) is 2.70. The maximum Gasteiger partial charge on any atom is 0.323 e. The summed E-state index contributed by atoms with van der Waals surface area (Å²) in [5.41, 5.74) is 0. The first-order chi connectivity index (χ1) is 7.15. The Morgan fingerprint density at radius 3 is 2.80 bits per heavy atom. The van der Waals surface area contributed by atoms with E-state index in [4.69, 9.17) is 9.47 Å². The molecule has 1 aliphatic heterocycles. The lowest BCUT2D eigenvalue weighted by atomic mass is 10.0. The summed E-state index contributed by atoms with van der Waals surface area (Å²) in [5, 5.41) is 3.21. The third-order valence-corrected chi connectivity index (χ3v) is 2.71. The molecule has 0 aromatic heterocycles. The Labute approximate surface area is 91.3 Å². The summed E-state index contributed by atoms with van der Waals surface area (Å²) < 4.78 is 10.2. The Kier molecular flexibility index (Phi) is 5.05. The van der Waals surface area contributed by atoms with Crippen molar-refractivity contribution >= 4 is 5.97 Å². The second kappa shape index (κ2) is 6.08. The number of carbonyl (C=O) groups is 1. The summed E-state index contributed by atoms with van der Waals surface area (Å²) >= 11 is 0. The van der Waals surface area contributed by atoms with Crippen molar-refractivity contribution in [3.8, 4) is 0 Å². The van der Waals surface area contributed by atoms with Crippen molar-refractivity contribution in [2.24, 2.45) is 5.92 Å². The van der Waals surface area contributed by atoms with Gasteiger partial charge in [0, 0.05) is 13.2 Å². The molecule has 15 heavy (non-hydrogen) atoms. The van der Waals surface area contributed by atoms with E-state index in [0.29, 0.717) is 0 Å². The number of esters is 1. The van der Waals surface area contributed by atoms with Gasteiger partial charge in [-0.15, -0.1) is 0 Å². The minimum Gasteiger partial charge on any atom is -0.468 e. The second-order valence-electron chi connectivity index (χ2n) is 4.29. The molecule has 1 heterocycles. The Balaban J connectivity index is 2.33. The maximum absolute atomic E-state index is 11.4. The van der Waals surface area contributed by atoms with E-state index in [2.05, 4.69) is 5.32 Å². The minimum atomic E-state index is -0.223. The molecule has 1 rings (SSSR count). The predicted molar refractivity (Wildman–Crippen MR) is 57.6 cm³/mol. The van der Waals surface area contributed by atoms with E-state index in [1.165, 1.54) is 7.11 Å². The van der Waals surface area contributed by atoms with Crippen LogP contribution < -0.4 is 5.32 Å². The molecule has 0 aromatic rings. The van der Waals surface area contributed by atoms with Gasteiger partial charge in [-0.25, -0.2) is 0 Å². The maximum atomic E-state index is 11.4. The number of nitrogens with one attached hydrogen (secondary N) is 1. The minimum absolute atomic E-state index is 0.192. The molecule has 2 atom stereocenters. The van der Waals surface area contributed by atoms with Crippen molar-refractivity contribution < 1.29 is 14.3 Å². The highest BCUT2D eigenvalue weighted by atomic mass is 16.5. The highest BCUT2D eigenvalue weighted by molar-refractivity contribution is 5.75. The monoisotopic (exact) mass is 215 g/mol. The van der Waals surface area contributed by atoms with Gasteiger partial charge in [-0.05, 0) is 18.8 Å². The van der Waals surface area contributed by atoms with Crippen molar-refractivity contribution in [1.82, 2.24) is 5.32 Å². The Hall–Kier alpha value is -0.610. The molecule has 0 amide bonds. The molecule has 0 saturated carbocycles. The zero-order valence-electron chi connectivity index (χ0n) is 9.79. The molecule has 88 valence electrons. The molecule has 0 aliphatic carbocycles. The molecule has 4 heteroatoms. The van der Waals surface area contributed by atoms with E-state index >= 15 is 0 Å². The highest BCUT2D eigenvalue weighted by Crippen LogP contribution is 2.12. The fourth-order valence-electron chi connectivity index (χ4n) is 1.78. The van der Waals surface area contributed by atoms with Crippen LogP contribution in [-0.4, -0.2) is 38.4 Å². The SMILES string of the molecule is COC(=O)[C@@H](NC[C@H]1CCCO1)C(C)C. The van der Waals surface area contributed by atoms with Gasteiger partial charge in [0.05, 0.1) is 13.2 Å². The van der Waals surface area contributed by atoms with Crippen molar-refractivity contribution in [3.63, 3.8) is 0 Å². The highest BCUT2D eigenvalue weighted by Gasteiger charge is 2.24. The van der Waals surface area contributed by atoms with Gasteiger partial charge in [0.1, 0.15) is 6.04 Å². The zero-order chi connectivity index (χ0) is 11.3. The first kappa shape index (κ1) is 12.5. The summed E-state index contributed by atoms with van der Waals surface area (Å²) in [6.07, 6.45) is 2.46. The molecule has 1 N–H and O–H groups in total. The van der Waals surface area contributed by atoms with Crippen LogP contribution in [0.1, 0.15) is 26.7 Å².